The SMILES string of the molecule is [2H]C1([2H])CN(c2ccc(C(C)(C)C)cc2)CC([2H])([2H])N1c1ccc(OC(F)(F)F)cc1. The fourth-order valence-electron chi connectivity index (χ4n) is 2.76. The Bertz CT molecular complexity index is 892. The fourth-order valence-corrected chi connectivity index (χ4v) is 2.76. The highest BCUT2D eigenvalue weighted by atomic mass is 19.4. The molecule has 3 nitrogen and oxygen atoms in total. The number of piperazine rings is 1. The molecule has 0 amide bonds. The standard InChI is InChI=1S/C21H25F3N2O/c1-20(2,3)16-4-6-17(7-5-16)25-12-14-26(15-13-25)18-8-10-19(11-9-18)27-21(22,23)24/h4-11H,12-15H2,1-3H3/i14D2,15D2. The second-order valence-electron chi connectivity index (χ2n) is 7.35. The van der Waals surface area contributed by atoms with Gasteiger partial charge in [-0.05, 0) is 47.4 Å². The molecule has 0 spiro atoms. The lowest BCUT2D eigenvalue weighted by Crippen LogP contribution is -2.46. The number of hydrogen-bond acceptors (Lipinski definition) is 3. The number of alkyl halides is 3. The minimum absolute atomic E-state index is 0.0393. The summed E-state index contributed by atoms with van der Waals surface area (Å²) in [7, 11) is 0. The van der Waals surface area contributed by atoms with Gasteiger partial charge in [-0.3, -0.25) is 0 Å². The van der Waals surface area contributed by atoms with E-state index in [1.807, 2.05) is 24.3 Å². The molecular formula is C21H25F3N2O. The quantitative estimate of drug-likeness (QED) is 0.725. The average molecular weight is 382 g/mol. The van der Waals surface area contributed by atoms with Crippen LogP contribution in [-0.4, -0.2) is 32.4 Å². The molecule has 1 aliphatic rings. The highest BCUT2D eigenvalue weighted by Crippen LogP contribution is 2.28. The first-order valence-electron chi connectivity index (χ1n) is 10.6. The summed E-state index contributed by atoms with van der Waals surface area (Å²) in [5, 5.41) is 0. The van der Waals surface area contributed by atoms with Crippen LogP contribution in [-0.2, 0) is 5.41 Å². The molecule has 1 saturated heterocycles. The molecule has 0 aromatic heterocycles. The number of halogens is 3. The highest BCUT2D eigenvalue weighted by Gasteiger charge is 2.31. The lowest BCUT2D eigenvalue weighted by atomic mass is 9.87. The fraction of sp³-hybridized carbons (Fsp3) is 0.429. The van der Waals surface area contributed by atoms with Crippen molar-refractivity contribution in [1.29, 1.82) is 0 Å². The van der Waals surface area contributed by atoms with Crippen LogP contribution in [0.1, 0.15) is 31.8 Å². The first-order valence-corrected chi connectivity index (χ1v) is 8.60. The van der Waals surface area contributed by atoms with Crippen LogP contribution < -0.4 is 14.5 Å². The maximum Gasteiger partial charge on any atom is 0.573 e. The molecule has 2 aromatic carbocycles. The van der Waals surface area contributed by atoms with E-state index < -0.39 is 25.1 Å². The van der Waals surface area contributed by atoms with Gasteiger partial charge in [-0.2, -0.15) is 0 Å². The number of hydrogen-bond donors (Lipinski definition) is 0. The van der Waals surface area contributed by atoms with Crippen molar-refractivity contribution < 1.29 is 23.4 Å². The first-order chi connectivity index (χ1) is 14.1. The molecule has 0 aliphatic carbocycles. The van der Waals surface area contributed by atoms with Crippen LogP contribution in [0.2, 0.25) is 0 Å². The minimum Gasteiger partial charge on any atom is -0.406 e. The molecular weight excluding hydrogens is 353 g/mol. The van der Waals surface area contributed by atoms with Crippen molar-refractivity contribution >= 4 is 11.4 Å². The Labute approximate surface area is 164 Å². The minimum atomic E-state index is -4.83. The van der Waals surface area contributed by atoms with Crippen LogP contribution in [0.3, 0.4) is 0 Å². The first kappa shape index (κ1) is 14.7. The van der Waals surface area contributed by atoms with Crippen molar-refractivity contribution in [3.63, 3.8) is 0 Å². The van der Waals surface area contributed by atoms with Crippen LogP contribution in [0.4, 0.5) is 24.5 Å². The van der Waals surface area contributed by atoms with Gasteiger partial charge >= 0.3 is 6.36 Å². The Morgan fingerprint density at radius 1 is 0.815 bits per heavy atom. The number of rotatable bonds is 3. The molecule has 27 heavy (non-hydrogen) atoms. The topological polar surface area (TPSA) is 15.7 Å². The maximum absolute atomic E-state index is 12.4. The van der Waals surface area contributed by atoms with Gasteiger partial charge in [0, 0.05) is 37.5 Å². The van der Waals surface area contributed by atoms with E-state index in [2.05, 4.69) is 25.5 Å². The van der Waals surface area contributed by atoms with E-state index in [-0.39, 0.29) is 24.2 Å². The van der Waals surface area contributed by atoms with Crippen LogP contribution >= 0.6 is 0 Å². The Morgan fingerprint density at radius 3 is 1.78 bits per heavy atom. The third kappa shape index (κ3) is 5.08. The van der Waals surface area contributed by atoms with Gasteiger partial charge in [0.2, 0.25) is 0 Å². The average Bonchev–Trinajstić information content (AvgIpc) is 2.59. The predicted molar refractivity (Wildman–Crippen MR) is 103 cm³/mol. The van der Waals surface area contributed by atoms with E-state index >= 15 is 0 Å². The van der Waals surface area contributed by atoms with E-state index in [0.29, 0.717) is 5.69 Å². The summed E-state index contributed by atoms with van der Waals surface area (Å²) < 4.78 is 75.0. The third-order valence-corrected chi connectivity index (χ3v) is 4.27. The molecule has 3 rings (SSSR count). The van der Waals surface area contributed by atoms with E-state index in [0.717, 1.165) is 22.6 Å². The lowest BCUT2D eigenvalue weighted by molar-refractivity contribution is -0.274. The van der Waals surface area contributed by atoms with Gasteiger partial charge in [0.05, 0.1) is 5.48 Å². The van der Waals surface area contributed by atoms with Crippen LogP contribution in [0, 0.1) is 0 Å². The molecule has 0 N–H and O–H groups in total. The Kier molecular flexibility index (Phi) is 3.98. The van der Waals surface area contributed by atoms with Crippen molar-refractivity contribution in [1.82, 2.24) is 0 Å². The molecule has 6 heteroatoms. The van der Waals surface area contributed by atoms with E-state index in [1.54, 1.807) is 4.90 Å². The van der Waals surface area contributed by atoms with Crippen molar-refractivity contribution in [2.24, 2.45) is 0 Å². The number of ether oxygens (including phenoxy) is 1. The summed E-state index contributed by atoms with van der Waals surface area (Å²) in [6, 6.07) is 12.2. The molecule has 2 aromatic rings. The predicted octanol–water partition coefficient (Wildman–Crippen LogP) is 5.21. The van der Waals surface area contributed by atoms with Gasteiger partial charge in [0.15, 0.2) is 0 Å². The molecule has 1 heterocycles. The normalized spacial score (nSPS) is 21.7. The molecule has 1 aliphatic heterocycles. The summed E-state index contributed by atoms with van der Waals surface area (Å²) >= 11 is 0. The van der Waals surface area contributed by atoms with Gasteiger partial charge in [0.25, 0.3) is 0 Å². The zero-order valence-corrected chi connectivity index (χ0v) is 15.5. The maximum atomic E-state index is 12.4. The monoisotopic (exact) mass is 382 g/mol. The van der Waals surface area contributed by atoms with Crippen LogP contribution in [0.25, 0.3) is 0 Å². The Balaban J connectivity index is 1.85. The van der Waals surface area contributed by atoms with Crippen molar-refractivity contribution in [2.75, 3.05) is 35.9 Å². The summed E-state index contributed by atoms with van der Waals surface area (Å²) in [5.74, 6) is -0.449. The number of benzene rings is 2. The van der Waals surface area contributed by atoms with Gasteiger partial charge in [-0.15, -0.1) is 13.2 Å². The second-order valence-corrected chi connectivity index (χ2v) is 7.35. The zero-order valence-electron chi connectivity index (χ0n) is 19.5. The van der Waals surface area contributed by atoms with Crippen molar-refractivity contribution in [3.8, 4) is 5.75 Å². The van der Waals surface area contributed by atoms with Gasteiger partial charge in [-0.25, -0.2) is 0 Å². The van der Waals surface area contributed by atoms with E-state index in [9.17, 15) is 13.2 Å². The van der Waals surface area contributed by atoms with Gasteiger partial charge in [-0.1, -0.05) is 32.9 Å². The van der Waals surface area contributed by atoms with E-state index in [4.69, 9.17) is 5.48 Å². The van der Waals surface area contributed by atoms with Crippen molar-refractivity contribution in [3.05, 3.63) is 54.1 Å². The second kappa shape index (κ2) is 7.33. The molecule has 1 fully saturated rings. The molecule has 0 atom stereocenters. The zero-order chi connectivity index (χ0) is 23.2. The largest absolute Gasteiger partial charge is 0.573 e. The lowest BCUT2D eigenvalue weighted by Gasteiger charge is -2.37. The Morgan fingerprint density at radius 2 is 1.30 bits per heavy atom. The number of anilines is 2. The summed E-state index contributed by atoms with van der Waals surface area (Å²) in [6.07, 6.45) is -4.83. The highest BCUT2D eigenvalue weighted by molar-refractivity contribution is 5.53. The smallest absolute Gasteiger partial charge is 0.406 e. The van der Waals surface area contributed by atoms with Crippen LogP contribution in [0.15, 0.2) is 48.5 Å². The molecule has 0 unspecified atom stereocenters. The third-order valence-electron chi connectivity index (χ3n) is 4.27. The van der Waals surface area contributed by atoms with Crippen LogP contribution in [0.5, 0.6) is 5.75 Å². The summed E-state index contributed by atoms with van der Waals surface area (Å²) in [5.41, 5.74) is 1.91. The van der Waals surface area contributed by atoms with Crippen molar-refractivity contribution in [2.45, 2.75) is 32.5 Å². The van der Waals surface area contributed by atoms with E-state index in [1.165, 1.54) is 12.1 Å². The molecule has 0 bridgehead atoms. The summed E-state index contributed by atoms with van der Waals surface area (Å²) in [6.45, 7) is 1.81. The van der Waals surface area contributed by atoms with Gasteiger partial charge in [0.1, 0.15) is 5.75 Å². The summed E-state index contributed by atoms with van der Waals surface area (Å²) in [4.78, 5) is 2.61. The molecule has 0 saturated carbocycles. The Hall–Kier alpha value is -2.37. The number of nitrogens with zero attached hydrogens (tertiary/aromatic N) is 2. The molecule has 146 valence electrons. The molecule has 0 radical (unpaired) electrons. The van der Waals surface area contributed by atoms with Gasteiger partial charge < -0.3 is 14.5 Å².